The number of carbonyl (C=O) groups excluding carboxylic acids is 1. The van der Waals surface area contributed by atoms with Crippen LogP contribution in [0.1, 0.15) is 17.2 Å². The molecule has 1 unspecified atom stereocenters. The van der Waals surface area contributed by atoms with Crippen molar-refractivity contribution >= 4 is 11.6 Å². The number of aromatic nitrogens is 2. The van der Waals surface area contributed by atoms with Gasteiger partial charge in [-0.15, -0.1) is 0 Å². The molecular weight excluding hydrogens is 463 g/mol. The van der Waals surface area contributed by atoms with E-state index < -0.39 is 4.92 Å². The number of hydrogen-bond donors (Lipinski definition) is 0. The summed E-state index contributed by atoms with van der Waals surface area (Å²) in [5.41, 5.74) is 3.62. The number of nitro groups is 1. The van der Waals surface area contributed by atoms with Gasteiger partial charge in [-0.1, -0.05) is 30.3 Å². The fourth-order valence-electron chi connectivity index (χ4n) is 4.27. The van der Waals surface area contributed by atoms with E-state index in [1.165, 1.54) is 24.3 Å². The zero-order chi connectivity index (χ0) is 25.1. The average molecular weight is 487 g/mol. The third-order valence-corrected chi connectivity index (χ3v) is 6.16. The summed E-state index contributed by atoms with van der Waals surface area (Å²) in [6.45, 7) is 1.20. The van der Waals surface area contributed by atoms with E-state index in [0.717, 1.165) is 11.3 Å². The predicted octanol–water partition coefficient (Wildman–Crippen LogP) is 4.73. The Morgan fingerprint density at radius 2 is 1.78 bits per heavy atom. The van der Waals surface area contributed by atoms with E-state index in [4.69, 9.17) is 9.84 Å². The lowest BCUT2D eigenvalue weighted by Gasteiger charge is -2.33. The maximum atomic E-state index is 13.4. The first-order valence-electron chi connectivity index (χ1n) is 11.5. The Kier molecular flexibility index (Phi) is 6.55. The molecule has 9 heteroatoms. The largest absolute Gasteiger partial charge is 0.370 e. The second kappa shape index (κ2) is 10.1. The van der Waals surface area contributed by atoms with Crippen molar-refractivity contribution in [3.63, 3.8) is 0 Å². The number of halogens is 1. The topological polar surface area (TPSA) is 90.5 Å². The summed E-state index contributed by atoms with van der Waals surface area (Å²) in [5, 5.41) is 15.8. The fourth-order valence-corrected chi connectivity index (χ4v) is 4.27. The lowest BCUT2D eigenvalue weighted by atomic mass is 10.0. The highest BCUT2D eigenvalue weighted by atomic mass is 19.1. The second-order valence-electron chi connectivity index (χ2n) is 8.51. The van der Waals surface area contributed by atoms with E-state index in [2.05, 4.69) is 0 Å². The minimum Gasteiger partial charge on any atom is -0.370 e. The maximum absolute atomic E-state index is 13.4. The Balaban J connectivity index is 1.41. The third-order valence-electron chi connectivity index (χ3n) is 6.16. The minimum atomic E-state index is -0.452. The molecule has 36 heavy (non-hydrogen) atoms. The third kappa shape index (κ3) is 5.01. The van der Waals surface area contributed by atoms with Crippen LogP contribution in [0, 0.1) is 15.9 Å². The van der Waals surface area contributed by atoms with Gasteiger partial charge in [0, 0.05) is 36.0 Å². The molecule has 1 saturated heterocycles. The molecule has 8 nitrogen and oxygen atoms in total. The maximum Gasteiger partial charge on any atom is 0.269 e. The number of hydrogen-bond acceptors (Lipinski definition) is 5. The van der Waals surface area contributed by atoms with Crippen LogP contribution in [0.4, 0.5) is 10.1 Å². The smallest absolute Gasteiger partial charge is 0.269 e. The summed E-state index contributed by atoms with van der Waals surface area (Å²) in [6.07, 6.45) is 1.60. The number of rotatable bonds is 6. The first-order valence-corrected chi connectivity index (χ1v) is 11.5. The number of para-hydroxylation sites is 1. The van der Waals surface area contributed by atoms with Crippen molar-refractivity contribution in [1.29, 1.82) is 0 Å². The fraction of sp³-hybridized carbons (Fsp3) is 0.185. The van der Waals surface area contributed by atoms with Crippen molar-refractivity contribution in [2.45, 2.75) is 12.5 Å². The van der Waals surface area contributed by atoms with Crippen molar-refractivity contribution < 1.29 is 18.8 Å². The Morgan fingerprint density at radius 1 is 1.06 bits per heavy atom. The Labute approximate surface area is 206 Å². The van der Waals surface area contributed by atoms with Crippen molar-refractivity contribution in [1.82, 2.24) is 14.7 Å². The lowest BCUT2D eigenvalue weighted by Crippen LogP contribution is -2.43. The van der Waals surface area contributed by atoms with Crippen LogP contribution < -0.4 is 0 Å². The van der Waals surface area contributed by atoms with E-state index in [-0.39, 0.29) is 29.9 Å². The van der Waals surface area contributed by atoms with Gasteiger partial charge in [0.25, 0.3) is 5.69 Å². The van der Waals surface area contributed by atoms with Gasteiger partial charge in [-0.05, 0) is 42.0 Å². The number of carbonyl (C=O) groups is 1. The Bertz CT molecular complexity index is 1370. The van der Waals surface area contributed by atoms with Crippen molar-refractivity contribution in [3.8, 4) is 16.9 Å². The van der Waals surface area contributed by atoms with Gasteiger partial charge < -0.3 is 9.64 Å². The molecule has 0 bridgehead atoms. The summed E-state index contributed by atoms with van der Waals surface area (Å²) in [7, 11) is 0. The molecule has 1 aliphatic rings. The summed E-state index contributed by atoms with van der Waals surface area (Å²) in [5.74, 6) is -0.405. The van der Waals surface area contributed by atoms with Gasteiger partial charge in [0.1, 0.15) is 11.9 Å². The van der Waals surface area contributed by atoms with Crippen molar-refractivity contribution in [3.05, 3.63) is 112 Å². The van der Waals surface area contributed by atoms with Crippen LogP contribution in [0.15, 0.2) is 85.1 Å². The van der Waals surface area contributed by atoms with Gasteiger partial charge in [0.05, 0.1) is 35.9 Å². The SMILES string of the molecule is O=C(Cc1cn(-c2ccccc2)nc1-c1ccc([N+](=O)[O-])cc1)N1CCOC(c2ccc(F)cc2)C1. The van der Waals surface area contributed by atoms with Gasteiger partial charge in [-0.2, -0.15) is 5.10 Å². The highest BCUT2D eigenvalue weighted by Gasteiger charge is 2.27. The number of morpholine rings is 1. The second-order valence-corrected chi connectivity index (χ2v) is 8.51. The van der Waals surface area contributed by atoms with E-state index in [9.17, 15) is 19.3 Å². The van der Waals surface area contributed by atoms with E-state index in [1.54, 1.807) is 33.8 Å². The van der Waals surface area contributed by atoms with Gasteiger partial charge in [-0.3, -0.25) is 14.9 Å². The van der Waals surface area contributed by atoms with Crippen LogP contribution in [0.2, 0.25) is 0 Å². The quantitative estimate of drug-likeness (QED) is 0.290. The zero-order valence-corrected chi connectivity index (χ0v) is 19.3. The molecule has 1 atom stereocenters. The molecule has 0 saturated carbocycles. The molecule has 0 radical (unpaired) electrons. The van der Waals surface area contributed by atoms with Gasteiger partial charge >= 0.3 is 0 Å². The average Bonchev–Trinajstić information content (AvgIpc) is 3.33. The van der Waals surface area contributed by atoms with Crippen LogP contribution in [0.25, 0.3) is 16.9 Å². The molecule has 0 aliphatic carbocycles. The Hall–Kier alpha value is -4.37. The molecule has 0 N–H and O–H groups in total. The van der Waals surface area contributed by atoms with Gasteiger partial charge in [-0.25, -0.2) is 9.07 Å². The molecule has 182 valence electrons. The standard InChI is InChI=1S/C27H23FN4O4/c28-22-10-6-19(7-11-22)25-18-30(14-15-36-25)26(33)16-21-17-31(23-4-2-1-3-5-23)29-27(21)20-8-12-24(13-9-20)32(34)35/h1-13,17,25H,14-16,18H2. The molecule has 3 aromatic carbocycles. The number of nitrogens with zero attached hydrogens (tertiary/aromatic N) is 4. The zero-order valence-electron chi connectivity index (χ0n) is 19.3. The molecule has 2 heterocycles. The Morgan fingerprint density at radius 3 is 2.47 bits per heavy atom. The van der Waals surface area contributed by atoms with Crippen LogP contribution in [0.5, 0.6) is 0 Å². The molecule has 1 aliphatic heterocycles. The summed E-state index contributed by atoms with van der Waals surface area (Å²) < 4.78 is 20.9. The monoisotopic (exact) mass is 486 g/mol. The number of nitro benzene ring substituents is 1. The number of amides is 1. The predicted molar refractivity (Wildman–Crippen MR) is 131 cm³/mol. The molecular formula is C27H23FN4O4. The van der Waals surface area contributed by atoms with Crippen molar-refractivity contribution in [2.75, 3.05) is 19.7 Å². The molecule has 1 aromatic heterocycles. The lowest BCUT2D eigenvalue weighted by molar-refractivity contribution is -0.384. The number of ether oxygens (including phenoxy) is 1. The van der Waals surface area contributed by atoms with Crippen molar-refractivity contribution in [2.24, 2.45) is 0 Å². The van der Waals surface area contributed by atoms with E-state index in [0.29, 0.717) is 36.5 Å². The highest BCUT2D eigenvalue weighted by Crippen LogP contribution is 2.28. The summed E-state index contributed by atoms with van der Waals surface area (Å²) in [6, 6.07) is 21.8. The van der Waals surface area contributed by atoms with Crippen LogP contribution in [-0.4, -0.2) is 45.2 Å². The first-order chi connectivity index (χ1) is 17.5. The van der Waals surface area contributed by atoms with E-state index >= 15 is 0 Å². The van der Waals surface area contributed by atoms with Crippen LogP contribution in [0.3, 0.4) is 0 Å². The normalized spacial score (nSPS) is 15.6. The summed E-state index contributed by atoms with van der Waals surface area (Å²) >= 11 is 0. The van der Waals surface area contributed by atoms with Crippen LogP contribution >= 0.6 is 0 Å². The van der Waals surface area contributed by atoms with Gasteiger partial charge in [0.2, 0.25) is 5.91 Å². The van der Waals surface area contributed by atoms with Crippen LogP contribution in [-0.2, 0) is 16.0 Å². The minimum absolute atomic E-state index is 0.0148. The molecule has 5 rings (SSSR count). The number of non-ortho nitro benzene ring substituents is 1. The molecule has 1 fully saturated rings. The molecule has 0 spiro atoms. The first kappa shape index (κ1) is 23.4. The number of benzene rings is 3. The summed E-state index contributed by atoms with van der Waals surface area (Å²) in [4.78, 5) is 25.7. The molecule has 1 amide bonds. The highest BCUT2D eigenvalue weighted by molar-refractivity contribution is 5.81. The van der Waals surface area contributed by atoms with Gasteiger partial charge in [0.15, 0.2) is 0 Å². The van der Waals surface area contributed by atoms with E-state index in [1.807, 2.05) is 36.5 Å². The molecule has 4 aromatic rings.